The Kier molecular flexibility index (Phi) is 3.42. The molecule has 1 aliphatic rings. The summed E-state index contributed by atoms with van der Waals surface area (Å²) in [5.74, 6) is 0. The van der Waals surface area contributed by atoms with Gasteiger partial charge in [-0.25, -0.2) is 4.79 Å². The number of piperidine rings is 1. The van der Waals surface area contributed by atoms with Crippen molar-refractivity contribution >= 4 is 12.4 Å². The van der Waals surface area contributed by atoms with E-state index >= 15 is 0 Å². The molecule has 1 aromatic rings. The van der Waals surface area contributed by atoms with Crippen LogP contribution in [-0.4, -0.2) is 28.9 Å². The molecule has 90 valence electrons. The number of carboxylic acid groups (broad SMARTS) is 1. The summed E-state index contributed by atoms with van der Waals surface area (Å²) >= 11 is 0. The zero-order valence-electron chi connectivity index (χ0n) is 9.50. The summed E-state index contributed by atoms with van der Waals surface area (Å²) in [6.45, 7) is 0.549. The second-order valence-corrected chi connectivity index (χ2v) is 4.23. The van der Waals surface area contributed by atoms with Crippen LogP contribution in [0, 0.1) is 0 Å². The van der Waals surface area contributed by atoms with Crippen molar-refractivity contribution in [3.63, 3.8) is 0 Å². The molecule has 1 unspecified atom stereocenters. The Morgan fingerprint density at radius 3 is 2.82 bits per heavy atom. The lowest BCUT2D eigenvalue weighted by Crippen LogP contribution is -2.37. The SMILES string of the molecule is O=Cc1ccccc1C1CCCCN1C(=O)O. The van der Waals surface area contributed by atoms with Crippen molar-refractivity contribution in [2.45, 2.75) is 25.3 Å². The van der Waals surface area contributed by atoms with Gasteiger partial charge in [0.2, 0.25) is 0 Å². The van der Waals surface area contributed by atoms with Crippen molar-refractivity contribution in [3.05, 3.63) is 35.4 Å². The topological polar surface area (TPSA) is 57.6 Å². The molecule has 2 rings (SSSR count). The Morgan fingerprint density at radius 1 is 1.35 bits per heavy atom. The molecule has 1 heterocycles. The highest BCUT2D eigenvalue weighted by atomic mass is 16.4. The van der Waals surface area contributed by atoms with Gasteiger partial charge >= 0.3 is 6.09 Å². The first-order valence-electron chi connectivity index (χ1n) is 5.77. The van der Waals surface area contributed by atoms with Gasteiger partial charge in [0.1, 0.15) is 6.29 Å². The summed E-state index contributed by atoms with van der Waals surface area (Å²) in [7, 11) is 0. The standard InChI is InChI=1S/C13H15NO3/c15-9-10-5-1-2-6-11(10)12-7-3-4-8-14(12)13(16)17/h1-2,5-6,9,12H,3-4,7-8H2,(H,16,17). The second kappa shape index (κ2) is 4.99. The molecule has 1 aromatic carbocycles. The van der Waals surface area contributed by atoms with Gasteiger partial charge in [-0.1, -0.05) is 24.3 Å². The van der Waals surface area contributed by atoms with Crippen molar-refractivity contribution < 1.29 is 14.7 Å². The molecule has 0 saturated carbocycles. The highest BCUT2D eigenvalue weighted by Gasteiger charge is 2.28. The number of rotatable bonds is 2. The van der Waals surface area contributed by atoms with Crippen LogP contribution in [0.1, 0.15) is 41.2 Å². The molecule has 0 aliphatic carbocycles. The number of carbonyl (C=O) groups excluding carboxylic acids is 1. The summed E-state index contributed by atoms with van der Waals surface area (Å²) in [5, 5.41) is 9.17. The maximum Gasteiger partial charge on any atom is 0.407 e. The minimum absolute atomic E-state index is 0.178. The quantitative estimate of drug-likeness (QED) is 0.799. The van der Waals surface area contributed by atoms with Crippen LogP contribution < -0.4 is 0 Å². The average molecular weight is 233 g/mol. The van der Waals surface area contributed by atoms with E-state index in [-0.39, 0.29) is 6.04 Å². The van der Waals surface area contributed by atoms with Gasteiger partial charge in [0, 0.05) is 12.1 Å². The maximum absolute atomic E-state index is 11.2. The molecule has 0 bridgehead atoms. The fourth-order valence-electron chi connectivity index (χ4n) is 2.41. The summed E-state index contributed by atoms with van der Waals surface area (Å²) in [6, 6.07) is 7.03. The van der Waals surface area contributed by atoms with Gasteiger partial charge in [-0.2, -0.15) is 0 Å². The first-order chi connectivity index (χ1) is 8.24. The van der Waals surface area contributed by atoms with Crippen LogP contribution in [0.2, 0.25) is 0 Å². The van der Waals surface area contributed by atoms with E-state index in [1.54, 1.807) is 12.1 Å². The third kappa shape index (κ3) is 2.30. The molecule has 4 nitrogen and oxygen atoms in total. The van der Waals surface area contributed by atoms with Crippen LogP contribution in [-0.2, 0) is 0 Å². The fourth-order valence-corrected chi connectivity index (χ4v) is 2.41. The minimum atomic E-state index is -0.907. The number of hydrogen-bond acceptors (Lipinski definition) is 2. The van der Waals surface area contributed by atoms with Crippen LogP contribution >= 0.6 is 0 Å². The van der Waals surface area contributed by atoms with E-state index in [0.29, 0.717) is 12.1 Å². The van der Waals surface area contributed by atoms with Gasteiger partial charge in [-0.3, -0.25) is 4.79 Å². The van der Waals surface area contributed by atoms with Gasteiger partial charge in [0.05, 0.1) is 6.04 Å². The van der Waals surface area contributed by atoms with Gasteiger partial charge in [0.15, 0.2) is 0 Å². The molecule has 1 amide bonds. The van der Waals surface area contributed by atoms with Crippen molar-refractivity contribution in [2.75, 3.05) is 6.54 Å². The summed E-state index contributed by atoms with van der Waals surface area (Å²) in [6.07, 6.45) is 2.57. The molecule has 0 radical (unpaired) electrons. The Bertz CT molecular complexity index is 430. The van der Waals surface area contributed by atoms with E-state index < -0.39 is 6.09 Å². The number of carbonyl (C=O) groups is 2. The zero-order valence-corrected chi connectivity index (χ0v) is 9.50. The lowest BCUT2D eigenvalue weighted by Gasteiger charge is -2.34. The lowest BCUT2D eigenvalue weighted by atomic mass is 9.92. The van der Waals surface area contributed by atoms with Gasteiger partial charge in [-0.05, 0) is 24.8 Å². The number of nitrogens with zero attached hydrogens (tertiary/aromatic N) is 1. The average Bonchev–Trinajstić information content (AvgIpc) is 2.38. The van der Waals surface area contributed by atoms with Gasteiger partial charge in [-0.15, -0.1) is 0 Å². The van der Waals surface area contributed by atoms with Crippen molar-refractivity contribution in [2.24, 2.45) is 0 Å². The zero-order chi connectivity index (χ0) is 12.3. The minimum Gasteiger partial charge on any atom is -0.465 e. The molecule has 1 aliphatic heterocycles. The smallest absolute Gasteiger partial charge is 0.407 e. The normalized spacial score (nSPS) is 20.0. The predicted molar refractivity (Wildman–Crippen MR) is 63.2 cm³/mol. The lowest BCUT2D eigenvalue weighted by molar-refractivity contribution is 0.104. The van der Waals surface area contributed by atoms with Crippen molar-refractivity contribution in [1.29, 1.82) is 0 Å². The Hall–Kier alpha value is -1.84. The summed E-state index contributed by atoms with van der Waals surface area (Å²) < 4.78 is 0. The number of hydrogen-bond donors (Lipinski definition) is 1. The first-order valence-corrected chi connectivity index (χ1v) is 5.77. The largest absolute Gasteiger partial charge is 0.465 e. The van der Waals surface area contributed by atoms with Crippen LogP contribution in [0.3, 0.4) is 0 Å². The first kappa shape index (κ1) is 11.6. The maximum atomic E-state index is 11.2. The van der Waals surface area contributed by atoms with E-state index in [4.69, 9.17) is 0 Å². The molecule has 1 saturated heterocycles. The molecule has 17 heavy (non-hydrogen) atoms. The highest BCUT2D eigenvalue weighted by molar-refractivity contribution is 5.78. The third-order valence-electron chi connectivity index (χ3n) is 3.23. The number of amides is 1. The molecular formula is C13H15NO3. The molecule has 0 aromatic heterocycles. The van der Waals surface area contributed by atoms with E-state index in [1.165, 1.54) is 4.90 Å². The number of benzene rings is 1. The monoisotopic (exact) mass is 233 g/mol. The molecule has 0 spiro atoms. The highest BCUT2D eigenvalue weighted by Crippen LogP contribution is 2.32. The number of likely N-dealkylation sites (tertiary alicyclic amines) is 1. The summed E-state index contributed by atoms with van der Waals surface area (Å²) in [4.78, 5) is 23.6. The molecular weight excluding hydrogens is 218 g/mol. The van der Waals surface area contributed by atoms with Crippen LogP contribution in [0.15, 0.2) is 24.3 Å². The van der Waals surface area contributed by atoms with Crippen LogP contribution in [0.5, 0.6) is 0 Å². The van der Waals surface area contributed by atoms with Gasteiger partial charge in [0.25, 0.3) is 0 Å². The Morgan fingerprint density at radius 2 is 2.12 bits per heavy atom. The fraction of sp³-hybridized carbons (Fsp3) is 0.385. The van der Waals surface area contributed by atoms with E-state index in [0.717, 1.165) is 31.1 Å². The Balaban J connectivity index is 2.35. The molecule has 4 heteroatoms. The summed E-state index contributed by atoms with van der Waals surface area (Å²) in [5.41, 5.74) is 1.41. The van der Waals surface area contributed by atoms with Crippen LogP contribution in [0.4, 0.5) is 4.79 Å². The predicted octanol–water partition coefficient (Wildman–Crippen LogP) is 2.70. The molecule has 1 N–H and O–H groups in total. The third-order valence-corrected chi connectivity index (χ3v) is 3.23. The van der Waals surface area contributed by atoms with Crippen molar-refractivity contribution in [1.82, 2.24) is 4.90 Å². The van der Waals surface area contributed by atoms with Crippen molar-refractivity contribution in [3.8, 4) is 0 Å². The second-order valence-electron chi connectivity index (χ2n) is 4.23. The van der Waals surface area contributed by atoms with E-state index in [9.17, 15) is 14.7 Å². The molecule has 1 atom stereocenters. The Labute approximate surface area is 99.9 Å². The van der Waals surface area contributed by atoms with Gasteiger partial charge < -0.3 is 10.0 Å². The molecule has 1 fully saturated rings. The van der Waals surface area contributed by atoms with E-state index in [2.05, 4.69) is 0 Å². The van der Waals surface area contributed by atoms with Crippen LogP contribution in [0.25, 0.3) is 0 Å². The number of aldehydes is 1. The van der Waals surface area contributed by atoms with E-state index in [1.807, 2.05) is 12.1 Å².